The lowest BCUT2D eigenvalue weighted by molar-refractivity contribution is 0.341. The molecule has 0 aliphatic heterocycles. The summed E-state index contributed by atoms with van der Waals surface area (Å²) in [6.45, 7) is 0. The molecule has 1 aromatic heterocycles. The minimum Gasteiger partial charge on any atom is -0.373 e. The Labute approximate surface area is 53.9 Å². The maximum atomic E-state index is 10.8. The van der Waals surface area contributed by atoms with Crippen LogP contribution in [0.5, 0.6) is 5.88 Å². The highest BCUT2D eigenvalue weighted by molar-refractivity contribution is 5.53. The normalized spacial score (nSPS) is 9.56. The summed E-state index contributed by atoms with van der Waals surface area (Å²) in [5.74, 6) is -0.0278. The Bertz CT molecular complexity index is 193. The van der Waals surface area contributed by atoms with Crippen LogP contribution in [0.4, 0.5) is 5.69 Å². The molecule has 0 saturated carbocycles. The topological polar surface area (TPSA) is 38.9 Å². The quantitative estimate of drug-likeness (QED) is 0.602. The maximum absolute atomic E-state index is 10.8. The molecule has 1 rings (SSSR count). The average molecular weight is 125 g/mol. The van der Waals surface area contributed by atoms with Crippen LogP contribution in [0.15, 0.2) is 12.3 Å². The molecule has 49 valence electrons. The highest BCUT2D eigenvalue weighted by atomic mass is 16.3. The van der Waals surface area contributed by atoms with Crippen LogP contribution in [-0.4, -0.2) is 19.1 Å². The number of anilines is 1. The zero-order valence-corrected chi connectivity index (χ0v) is 5.51. The summed E-state index contributed by atoms with van der Waals surface area (Å²) >= 11 is 0. The molecule has 3 heteroatoms. The fraction of sp³-hybridized carbons (Fsp3) is 0.333. The Hall–Kier alpha value is -1.12. The Morgan fingerprint density at radius 1 is 1.56 bits per heavy atom. The third-order valence-electron chi connectivity index (χ3n) is 1.17. The molecule has 1 heterocycles. The fourth-order valence-corrected chi connectivity index (χ4v) is 0.698. The van der Waals surface area contributed by atoms with E-state index in [2.05, 4.69) is 4.98 Å². The predicted molar refractivity (Wildman–Crippen MR) is 35.3 cm³/mol. The summed E-state index contributed by atoms with van der Waals surface area (Å²) in [4.78, 5) is 4.33. The number of aromatic amines is 1. The van der Waals surface area contributed by atoms with E-state index >= 15 is 0 Å². The highest BCUT2D eigenvalue weighted by Crippen LogP contribution is 2.22. The van der Waals surface area contributed by atoms with Crippen LogP contribution in [0.1, 0.15) is 0 Å². The lowest BCUT2D eigenvalue weighted by Crippen LogP contribution is -2.07. The fourth-order valence-electron chi connectivity index (χ4n) is 0.698. The van der Waals surface area contributed by atoms with E-state index < -0.39 is 0 Å². The Morgan fingerprint density at radius 3 is 2.44 bits per heavy atom. The Morgan fingerprint density at radius 2 is 2.22 bits per heavy atom. The number of nitrogens with zero attached hydrogens (tertiary/aromatic N) is 1. The van der Waals surface area contributed by atoms with Gasteiger partial charge in [-0.1, -0.05) is 0 Å². The molecule has 1 aromatic rings. The molecule has 0 unspecified atom stereocenters. The average Bonchev–Trinajstić information content (AvgIpc) is 2.13. The summed E-state index contributed by atoms with van der Waals surface area (Å²) in [5, 5.41) is 10.8. The van der Waals surface area contributed by atoms with Crippen LogP contribution in [0.2, 0.25) is 0 Å². The van der Waals surface area contributed by atoms with Gasteiger partial charge < -0.3 is 9.88 Å². The minimum absolute atomic E-state index is 0.0278. The van der Waals surface area contributed by atoms with E-state index in [1.54, 1.807) is 17.2 Å². The number of H-pyrrole nitrogens is 1. The summed E-state index contributed by atoms with van der Waals surface area (Å²) in [5.41, 5.74) is 0.704. The zero-order chi connectivity index (χ0) is 6.85. The molecule has 0 bridgehead atoms. The molecule has 9 heavy (non-hydrogen) atoms. The van der Waals surface area contributed by atoms with Crippen LogP contribution in [0.25, 0.3) is 0 Å². The minimum atomic E-state index is -0.0278. The smallest absolute Gasteiger partial charge is 0.271 e. The number of nitrogens with one attached hydrogen (secondary N) is 1. The molecule has 0 aliphatic carbocycles. The first kappa shape index (κ1) is 6.01. The molecule has 0 saturated heterocycles. The second-order valence-corrected chi connectivity index (χ2v) is 2.09. The van der Waals surface area contributed by atoms with Gasteiger partial charge in [0.15, 0.2) is 0 Å². The third-order valence-corrected chi connectivity index (χ3v) is 1.17. The van der Waals surface area contributed by atoms with Crippen molar-refractivity contribution in [1.29, 1.82) is 0 Å². The molecule has 1 radical (unpaired) electrons. The van der Waals surface area contributed by atoms with Crippen molar-refractivity contribution in [1.82, 2.24) is 4.98 Å². The number of hydrogen-bond acceptors (Lipinski definition) is 1. The predicted octanol–water partition coefficient (Wildman–Crippen LogP) is 1.22. The molecule has 0 aliphatic rings. The van der Waals surface area contributed by atoms with Crippen molar-refractivity contribution in [2.24, 2.45) is 0 Å². The third kappa shape index (κ3) is 0.988. The lowest BCUT2D eigenvalue weighted by atomic mass is 10.5. The Kier molecular flexibility index (Phi) is 1.34. The summed E-state index contributed by atoms with van der Waals surface area (Å²) in [7, 11) is 3.68. The molecular formula is C6H9N2O. The maximum Gasteiger partial charge on any atom is 0.271 e. The molecule has 0 aromatic carbocycles. The molecule has 1 N–H and O–H groups in total. The van der Waals surface area contributed by atoms with Crippen LogP contribution in [0, 0.1) is 0 Å². The van der Waals surface area contributed by atoms with Crippen molar-refractivity contribution >= 4 is 5.69 Å². The molecule has 0 spiro atoms. The van der Waals surface area contributed by atoms with Gasteiger partial charge in [-0.2, -0.15) is 0 Å². The van der Waals surface area contributed by atoms with Crippen molar-refractivity contribution in [2.45, 2.75) is 0 Å². The SMILES string of the molecule is CN(C)c1cc[nH]c1[O]. The van der Waals surface area contributed by atoms with E-state index in [0.717, 1.165) is 0 Å². The van der Waals surface area contributed by atoms with Crippen LogP contribution >= 0.6 is 0 Å². The molecule has 3 nitrogen and oxygen atoms in total. The van der Waals surface area contributed by atoms with Gasteiger partial charge in [0.25, 0.3) is 5.88 Å². The van der Waals surface area contributed by atoms with Gasteiger partial charge in [0, 0.05) is 20.3 Å². The van der Waals surface area contributed by atoms with Gasteiger partial charge in [-0.25, -0.2) is 0 Å². The first-order valence-corrected chi connectivity index (χ1v) is 2.73. The van der Waals surface area contributed by atoms with Gasteiger partial charge >= 0.3 is 0 Å². The van der Waals surface area contributed by atoms with Crippen molar-refractivity contribution in [3.63, 3.8) is 0 Å². The lowest BCUT2D eigenvalue weighted by Gasteiger charge is -2.07. The second-order valence-electron chi connectivity index (χ2n) is 2.09. The van der Waals surface area contributed by atoms with Gasteiger partial charge in [-0.15, -0.1) is 0 Å². The van der Waals surface area contributed by atoms with E-state index in [1.807, 2.05) is 14.1 Å². The number of aromatic nitrogens is 1. The number of rotatable bonds is 1. The summed E-state index contributed by atoms with van der Waals surface area (Å²) in [6, 6.07) is 1.75. The zero-order valence-electron chi connectivity index (χ0n) is 5.51. The summed E-state index contributed by atoms with van der Waals surface area (Å²) in [6.07, 6.45) is 1.64. The van der Waals surface area contributed by atoms with Gasteiger partial charge in [-0.3, -0.25) is 5.11 Å². The van der Waals surface area contributed by atoms with Gasteiger partial charge in [-0.05, 0) is 6.07 Å². The van der Waals surface area contributed by atoms with E-state index in [-0.39, 0.29) is 5.88 Å². The first-order chi connectivity index (χ1) is 4.22. The Balaban J connectivity index is 2.94. The molecule has 0 fully saturated rings. The van der Waals surface area contributed by atoms with Crippen LogP contribution < -0.4 is 4.90 Å². The van der Waals surface area contributed by atoms with E-state index in [0.29, 0.717) is 5.69 Å². The van der Waals surface area contributed by atoms with E-state index in [4.69, 9.17) is 0 Å². The standard InChI is InChI=1S/C6H9N2O/c1-8(2)5-3-4-7-6(5)9/h3-4,7H,1-2H3. The van der Waals surface area contributed by atoms with Crippen LogP contribution in [-0.2, 0) is 5.11 Å². The van der Waals surface area contributed by atoms with Gasteiger partial charge in [0.1, 0.15) is 5.69 Å². The van der Waals surface area contributed by atoms with Crippen molar-refractivity contribution in [3.8, 4) is 5.88 Å². The first-order valence-electron chi connectivity index (χ1n) is 2.73. The van der Waals surface area contributed by atoms with Crippen LogP contribution in [0.3, 0.4) is 0 Å². The van der Waals surface area contributed by atoms with Gasteiger partial charge in [0.2, 0.25) is 0 Å². The summed E-state index contributed by atoms with van der Waals surface area (Å²) < 4.78 is 0. The van der Waals surface area contributed by atoms with Crippen molar-refractivity contribution < 1.29 is 5.11 Å². The van der Waals surface area contributed by atoms with E-state index in [9.17, 15) is 5.11 Å². The van der Waals surface area contributed by atoms with Gasteiger partial charge in [0.05, 0.1) is 0 Å². The number of hydrogen-bond donors (Lipinski definition) is 1. The molecule has 0 amide bonds. The molecule has 0 atom stereocenters. The largest absolute Gasteiger partial charge is 0.373 e. The van der Waals surface area contributed by atoms with Crippen molar-refractivity contribution in [3.05, 3.63) is 12.3 Å². The van der Waals surface area contributed by atoms with Crippen molar-refractivity contribution in [2.75, 3.05) is 19.0 Å². The monoisotopic (exact) mass is 125 g/mol. The molecular weight excluding hydrogens is 116 g/mol. The highest BCUT2D eigenvalue weighted by Gasteiger charge is 2.03. The second kappa shape index (κ2) is 2.01. The van der Waals surface area contributed by atoms with E-state index in [1.165, 1.54) is 0 Å².